The molecule has 2 rings (SSSR count). The van der Waals surface area contributed by atoms with E-state index in [0.29, 0.717) is 17.5 Å². The van der Waals surface area contributed by atoms with Crippen molar-refractivity contribution in [1.29, 1.82) is 0 Å². The van der Waals surface area contributed by atoms with Gasteiger partial charge in [-0.05, 0) is 34.8 Å². The zero-order valence-electron chi connectivity index (χ0n) is 8.08. The van der Waals surface area contributed by atoms with E-state index in [4.69, 9.17) is 21.1 Å². The highest BCUT2D eigenvalue weighted by molar-refractivity contribution is 9.10. The fourth-order valence-electron chi connectivity index (χ4n) is 1.46. The lowest BCUT2D eigenvalue weighted by atomic mass is 10.2. The Morgan fingerprint density at radius 2 is 2.53 bits per heavy atom. The third-order valence-corrected chi connectivity index (χ3v) is 2.98. The van der Waals surface area contributed by atoms with Crippen molar-refractivity contribution in [3.8, 4) is 5.88 Å². The van der Waals surface area contributed by atoms with Crippen molar-refractivity contribution in [3.63, 3.8) is 0 Å². The minimum Gasteiger partial charge on any atom is -0.474 e. The van der Waals surface area contributed by atoms with Crippen molar-refractivity contribution >= 4 is 27.5 Å². The van der Waals surface area contributed by atoms with Crippen LogP contribution in [0.2, 0.25) is 5.02 Å². The summed E-state index contributed by atoms with van der Waals surface area (Å²) in [6, 6.07) is 1.76. The van der Waals surface area contributed by atoms with Gasteiger partial charge in [0.05, 0.1) is 15.6 Å². The van der Waals surface area contributed by atoms with Gasteiger partial charge < -0.3 is 9.47 Å². The maximum atomic E-state index is 5.77. The van der Waals surface area contributed by atoms with Gasteiger partial charge in [-0.3, -0.25) is 0 Å². The summed E-state index contributed by atoms with van der Waals surface area (Å²) < 4.78 is 11.7. The minimum atomic E-state index is 0.203. The van der Waals surface area contributed by atoms with Crippen LogP contribution in [-0.2, 0) is 4.74 Å². The van der Waals surface area contributed by atoms with Gasteiger partial charge in [0, 0.05) is 12.8 Å². The first-order valence-corrected chi connectivity index (χ1v) is 5.98. The van der Waals surface area contributed by atoms with E-state index < -0.39 is 0 Å². The second-order valence-corrected chi connectivity index (χ2v) is 4.68. The Balaban J connectivity index is 1.92. The molecule has 0 aliphatic carbocycles. The Kier molecular flexibility index (Phi) is 3.83. The average molecular weight is 293 g/mol. The summed E-state index contributed by atoms with van der Waals surface area (Å²) in [7, 11) is 0. The van der Waals surface area contributed by atoms with Gasteiger partial charge in [-0.2, -0.15) is 0 Å². The second kappa shape index (κ2) is 5.14. The lowest BCUT2D eigenvalue weighted by Gasteiger charge is -2.11. The van der Waals surface area contributed by atoms with Crippen LogP contribution in [0, 0.1) is 0 Å². The van der Waals surface area contributed by atoms with Gasteiger partial charge in [-0.1, -0.05) is 11.6 Å². The van der Waals surface area contributed by atoms with E-state index in [0.717, 1.165) is 23.9 Å². The molecule has 1 atom stereocenters. The molecule has 1 aromatic heterocycles. The van der Waals surface area contributed by atoms with Crippen molar-refractivity contribution in [2.45, 2.75) is 18.9 Å². The van der Waals surface area contributed by atoms with Gasteiger partial charge in [0.1, 0.15) is 6.61 Å². The van der Waals surface area contributed by atoms with Gasteiger partial charge in [0.15, 0.2) is 0 Å². The normalized spacial score (nSPS) is 20.5. The summed E-state index contributed by atoms with van der Waals surface area (Å²) >= 11 is 9.12. The third-order valence-electron chi connectivity index (χ3n) is 2.20. The van der Waals surface area contributed by atoms with Crippen molar-refractivity contribution < 1.29 is 9.47 Å². The Morgan fingerprint density at radius 1 is 1.67 bits per heavy atom. The summed E-state index contributed by atoms with van der Waals surface area (Å²) in [5.74, 6) is 0.565. The van der Waals surface area contributed by atoms with Crippen LogP contribution in [0.15, 0.2) is 16.7 Å². The Labute approximate surface area is 102 Å². The van der Waals surface area contributed by atoms with Crippen LogP contribution < -0.4 is 4.74 Å². The molecule has 0 radical (unpaired) electrons. The van der Waals surface area contributed by atoms with E-state index >= 15 is 0 Å². The largest absolute Gasteiger partial charge is 0.474 e. The molecule has 0 bridgehead atoms. The van der Waals surface area contributed by atoms with Crippen molar-refractivity contribution in [3.05, 3.63) is 21.8 Å². The molecule has 3 nitrogen and oxygen atoms in total. The van der Waals surface area contributed by atoms with E-state index in [1.165, 1.54) is 0 Å². The summed E-state index contributed by atoms with van der Waals surface area (Å²) in [6.45, 7) is 1.39. The number of rotatable bonds is 3. The molecule has 1 unspecified atom stereocenters. The Morgan fingerprint density at radius 3 is 3.20 bits per heavy atom. The second-order valence-electron chi connectivity index (χ2n) is 3.39. The number of ether oxygens (including phenoxy) is 2. The molecule has 0 amide bonds. The molecule has 82 valence electrons. The highest BCUT2D eigenvalue weighted by Crippen LogP contribution is 2.25. The fraction of sp³-hybridized carbons (Fsp3) is 0.500. The number of aromatic nitrogens is 1. The minimum absolute atomic E-state index is 0.203. The molecule has 1 aromatic rings. The number of pyridine rings is 1. The van der Waals surface area contributed by atoms with Gasteiger partial charge in [-0.15, -0.1) is 0 Å². The zero-order valence-corrected chi connectivity index (χ0v) is 10.4. The SMILES string of the molecule is Clc1cnc(OCC2CCCO2)c(Br)c1. The van der Waals surface area contributed by atoms with Crippen LogP contribution in [-0.4, -0.2) is 24.3 Å². The molecule has 1 fully saturated rings. The first-order valence-electron chi connectivity index (χ1n) is 4.81. The van der Waals surface area contributed by atoms with Gasteiger partial charge >= 0.3 is 0 Å². The summed E-state index contributed by atoms with van der Waals surface area (Å²) in [5, 5.41) is 0.589. The monoisotopic (exact) mass is 291 g/mol. The van der Waals surface area contributed by atoms with Crippen LogP contribution in [0.5, 0.6) is 5.88 Å². The van der Waals surface area contributed by atoms with Crippen LogP contribution in [0.4, 0.5) is 0 Å². The van der Waals surface area contributed by atoms with E-state index in [-0.39, 0.29) is 6.10 Å². The maximum absolute atomic E-state index is 5.77. The first kappa shape index (κ1) is 11.2. The highest BCUT2D eigenvalue weighted by Gasteiger charge is 2.16. The van der Waals surface area contributed by atoms with Gasteiger partial charge in [0.25, 0.3) is 0 Å². The van der Waals surface area contributed by atoms with Crippen LogP contribution in [0.3, 0.4) is 0 Å². The first-order chi connectivity index (χ1) is 7.25. The van der Waals surface area contributed by atoms with Crippen molar-refractivity contribution in [2.75, 3.05) is 13.2 Å². The van der Waals surface area contributed by atoms with E-state index in [1.807, 2.05) is 0 Å². The quantitative estimate of drug-likeness (QED) is 0.858. The molecule has 0 spiro atoms. The van der Waals surface area contributed by atoms with E-state index in [1.54, 1.807) is 12.3 Å². The maximum Gasteiger partial charge on any atom is 0.228 e. The number of hydrogen-bond donors (Lipinski definition) is 0. The van der Waals surface area contributed by atoms with Gasteiger partial charge in [-0.25, -0.2) is 4.98 Å². The Hall–Kier alpha value is -0.320. The molecular weight excluding hydrogens is 281 g/mol. The summed E-state index contributed by atoms with van der Waals surface area (Å²) in [5.41, 5.74) is 0. The van der Waals surface area contributed by atoms with Crippen molar-refractivity contribution in [1.82, 2.24) is 4.98 Å². The highest BCUT2D eigenvalue weighted by atomic mass is 79.9. The molecule has 0 aromatic carbocycles. The molecule has 1 aliphatic rings. The van der Waals surface area contributed by atoms with Crippen LogP contribution >= 0.6 is 27.5 Å². The third kappa shape index (κ3) is 3.06. The predicted octanol–water partition coefficient (Wildman–Crippen LogP) is 3.06. The summed E-state index contributed by atoms with van der Waals surface area (Å²) in [6.07, 6.45) is 3.94. The number of halogens is 2. The van der Waals surface area contributed by atoms with E-state index in [9.17, 15) is 0 Å². The fourth-order valence-corrected chi connectivity index (χ4v) is 2.21. The summed E-state index contributed by atoms with van der Waals surface area (Å²) in [4.78, 5) is 4.08. The molecule has 0 saturated carbocycles. The molecule has 0 N–H and O–H groups in total. The number of nitrogens with zero attached hydrogens (tertiary/aromatic N) is 1. The zero-order chi connectivity index (χ0) is 10.7. The molecule has 5 heteroatoms. The lowest BCUT2D eigenvalue weighted by Crippen LogP contribution is -2.16. The molecule has 15 heavy (non-hydrogen) atoms. The lowest BCUT2D eigenvalue weighted by molar-refractivity contribution is 0.0660. The topological polar surface area (TPSA) is 31.4 Å². The molecule has 1 saturated heterocycles. The van der Waals surface area contributed by atoms with Gasteiger partial charge in [0.2, 0.25) is 5.88 Å². The van der Waals surface area contributed by atoms with Crippen LogP contribution in [0.25, 0.3) is 0 Å². The molecule has 1 aliphatic heterocycles. The standard InChI is InChI=1S/C10H11BrClNO2/c11-9-4-7(12)5-13-10(9)15-6-8-2-1-3-14-8/h4-5,8H,1-3,6H2. The molecular formula is C10H11BrClNO2. The Bertz CT molecular complexity index is 342. The number of hydrogen-bond acceptors (Lipinski definition) is 3. The predicted molar refractivity (Wildman–Crippen MR) is 61.4 cm³/mol. The van der Waals surface area contributed by atoms with E-state index in [2.05, 4.69) is 20.9 Å². The van der Waals surface area contributed by atoms with Crippen molar-refractivity contribution in [2.24, 2.45) is 0 Å². The van der Waals surface area contributed by atoms with Crippen LogP contribution in [0.1, 0.15) is 12.8 Å². The average Bonchev–Trinajstić information content (AvgIpc) is 2.69. The smallest absolute Gasteiger partial charge is 0.228 e. The molecule has 2 heterocycles.